The van der Waals surface area contributed by atoms with E-state index >= 15 is 0 Å². The Hall–Kier alpha value is -3.27. The maximum atomic E-state index is 14.7. The number of benzene rings is 2. The normalized spacial score (nSPS) is 24.3. The summed E-state index contributed by atoms with van der Waals surface area (Å²) in [6.07, 6.45) is 3.83. The van der Waals surface area contributed by atoms with Crippen LogP contribution in [0.1, 0.15) is 48.4 Å². The van der Waals surface area contributed by atoms with Crippen LogP contribution >= 0.6 is 0 Å². The van der Waals surface area contributed by atoms with Crippen LogP contribution in [0.15, 0.2) is 54.3 Å². The lowest BCUT2D eigenvalue weighted by Gasteiger charge is -2.24. The van der Waals surface area contributed by atoms with Gasteiger partial charge < -0.3 is 14.8 Å². The van der Waals surface area contributed by atoms with Gasteiger partial charge in [0.25, 0.3) is 0 Å². The van der Waals surface area contributed by atoms with Crippen LogP contribution in [-0.4, -0.2) is 32.6 Å². The van der Waals surface area contributed by atoms with Gasteiger partial charge in [-0.15, -0.1) is 0 Å². The lowest BCUT2D eigenvalue weighted by atomic mass is 9.81. The fourth-order valence-electron chi connectivity index (χ4n) is 4.76. The van der Waals surface area contributed by atoms with Gasteiger partial charge in [0.1, 0.15) is 11.9 Å². The Morgan fingerprint density at radius 3 is 2.57 bits per heavy atom. The minimum Gasteiger partial charge on any atom is -0.489 e. The van der Waals surface area contributed by atoms with Crippen molar-refractivity contribution in [3.8, 4) is 6.07 Å². The van der Waals surface area contributed by atoms with E-state index in [0.29, 0.717) is 43.3 Å². The molecule has 2 aliphatic rings. The van der Waals surface area contributed by atoms with E-state index in [1.165, 1.54) is 12.1 Å². The van der Waals surface area contributed by atoms with Crippen LogP contribution < -0.4 is 5.32 Å². The molecule has 5 nitrogen and oxygen atoms in total. The predicted molar refractivity (Wildman–Crippen MR) is 134 cm³/mol. The Bertz CT molecular complexity index is 1170. The number of rotatable bonds is 7. The van der Waals surface area contributed by atoms with E-state index < -0.39 is 5.82 Å². The van der Waals surface area contributed by atoms with Crippen LogP contribution in [0.25, 0.3) is 11.1 Å². The molecular formula is C29H31FN2O3. The lowest BCUT2D eigenvalue weighted by Crippen LogP contribution is -2.18. The summed E-state index contributed by atoms with van der Waals surface area (Å²) in [5.41, 5.74) is 4.43. The minimum atomic E-state index is -0.582. The molecular weight excluding hydrogens is 443 g/mol. The number of ether oxygens (including phenoxy) is 2. The smallest absolute Gasteiger partial charge is 0.197 e. The van der Waals surface area contributed by atoms with Gasteiger partial charge >= 0.3 is 0 Å². The number of methoxy groups -OCH3 is 1. The average molecular weight is 475 g/mol. The van der Waals surface area contributed by atoms with E-state index in [1.54, 1.807) is 19.3 Å². The number of nitrogens with zero attached hydrogens (tertiary/aromatic N) is 1. The maximum Gasteiger partial charge on any atom is 0.197 e. The van der Waals surface area contributed by atoms with Crippen LogP contribution in [-0.2, 0) is 20.9 Å². The molecule has 0 amide bonds. The van der Waals surface area contributed by atoms with Crippen LogP contribution in [0.2, 0.25) is 0 Å². The molecule has 2 unspecified atom stereocenters. The van der Waals surface area contributed by atoms with Crippen molar-refractivity contribution in [1.29, 1.82) is 5.26 Å². The Labute approximate surface area is 206 Å². The SMILES string of the molecule is COCc1ccc(/C2=C(c3ccc(C#N)c(F)c3)/C=C(/OCC3CCNC3)C(=O)CCC2C)cc1. The number of carbonyl (C=O) groups is 1. The predicted octanol–water partition coefficient (Wildman–Crippen LogP) is 5.26. The first-order valence-electron chi connectivity index (χ1n) is 12.1. The summed E-state index contributed by atoms with van der Waals surface area (Å²) in [5.74, 6) is 0.112. The molecule has 1 fully saturated rings. The lowest BCUT2D eigenvalue weighted by molar-refractivity contribution is -0.119. The quantitative estimate of drug-likeness (QED) is 0.592. The van der Waals surface area contributed by atoms with Crippen molar-refractivity contribution in [2.75, 3.05) is 26.8 Å². The molecule has 2 aromatic carbocycles. The summed E-state index contributed by atoms with van der Waals surface area (Å²) >= 11 is 0. The number of Topliss-reactive ketones (excluding diaryl/α,β-unsaturated/α-hetero) is 1. The molecule has 1 saturated heterocycles. The molecule has 0 aromatic heterocycles. The molecule has 0 spiro atoms. The zero-order chi connectivity index (χ0) is 24.8. The Kier molecular flexibility index (Phi) is 8.12. The summed E-state index contributed by atoms with van der Waals surface area (Å²) in [7, 11) is 1.66. The van der Waals surface area contributed by atoms with Gasteiger partial charge in [0.05, 0.1) is 18.8 Å². The molecule has 1 aliphatic carbocycles. The van der Waals surface area contributed by atoms with Gasteiger partial charge in [0.15, 0.2) is 11.5 Å². The van der Waals surface area contributed by atoms with Crippen LogP contribution in [0, 0.1) is 29.0 Å². The molecule has 2 atom stereocenters. The number of nitriles is 1. The number of hydrogen-bond acceptors (Lipinski definition) is 5. The number of allylic oxidation sites excluding steroid dienone is 4. The first-order chi connectivity index (χ1) is 17.0. The van der Waals surface area contributed by atoms with Gasteiger partial charge in [0.2, 0.25) is 0 Å². The Balaban J connectivity index is 1.84. The summed E-state index contributed by atoms with van der Waals surface area (Å²) in [5, 5.41) is 12.5. The van der Waals surface area contributed by atoms with Crippen LogP contribution in [0.4, 0.5) is 4.39 Å². The van der Waals surface area contributed by atoms with Gasteiger partial charge in [-0.3, -0.25) is 4.79 Å². The van der Waals surface area contributed by atoms with Gasteiger partial charge in [-0.1, -0.05) is 37.3 Å². The Morgan fingerprint density at radius 1 is 1.14 bits per heavy atom. The summed E-state index contributed by atoms with van der Waals surface area (Å²) < 4.78 is 26.0. The number of ketones is 1. The molecule has 35 heavy (non-hydrogen) atoms. The number of carbonyl (C=O) groups excluding carboxylic acids is 1. The highest BCUT2D eigenvalue weighted by atomic mass is 19.1. The van der Waals surface area contributed by atoms with Crippen molar-refractivity contribution < 1.29 is 18.7 Å². The third kappa shape index (κ3) is 5.87. The minimum absolute atomic E-state index is 0.0102. The van der Waals surface area contributed by atoms with Gasteiger partial charge in [0, 0.05) is 26.0 Å². The highest BCUT2D eigenvalue weighted by molar-refractivity contribution is 6.03. The van der Waals surface area contributed by atoms with Crippen molar-refractivity contribution >= 4 is 16.9 Å². The molecule has 0 radical (unpaired) electrons. The molecule has 0 saturated carbocycles. The van der Waals surface area contributed by atoms with Crippen molar-refractivity contribution in [2.24, 2.45) is 11.8 Å². The van der Waals surface area contributed by atoms with E-state index in [9.17, 15) is 14.4 Å². The maximum absolute atomic E-state index is 14.7. The third-order valence-corrected chi connectivity index (χ3v) is 6.75. The van der Waals surface area contributed by atoms with Crippen molar-refractivity contribution in [1.82, 2.24) is 5.32 Å². The Morgan fingerprint density at radius 2 is 1.91 bits per heavy atom. The summed E-state index contributed by atoms with van der Waals surface area (Å²) in [6.45, 7) is 4.91. The zero-order valence-corrected chi connectivity index (χ0v) is 20.3. The van der Waals surface area contributed by atoms with Crippen molar-refractivity contribution in [2.45, 2.75) is 32.8 Å². The molecule has 0 bridgehead atoms. The van der Waals surface area contributed by atoms with Gasteiger partial charge in [-0.25, -0.2) is 4.39 Å². The molecule has 2 aromatic rings. The van der Waals surface area contributed by atoms with Crippen LogP contribution in [0.3, 0.4) is 0 Å². The number of hydrogen-bond donors (Lipinski definition) is 1. The van der Waals surface area contributed by atoms with E-state index in [0.717, 1.165) is 41.8 Å². The van der Waals surface area contributed by atoms with Gasteiger partial charge in [-0.2, -0.15) is 5.26 Å². The van der Waals surface area contributed by atoms with E-state index in [2.05, 4.69) is 12.2 Å². The second-order valence-electron chi connectivity index (χ2n) is 9.31. The molecule has 6 heteroatoms. The average Bonchev–Trinajstić information content (AvgIpc) is 3.38. The summed E-state index contributed by atoms with van der Waals surface area (Å²) in [4.78, 5) is 13.1. The zero-order valence-electron chi connectivity index (χ0n) is 20.3. The standard InChI is InChI=1S/C29H31FN2O3/c1-19-3-10-27(33)28(35-18-21-11-12-32-16-21)14-25(23-8-9-24(15-31)26(30)13-23)29(19)22-6-4-20(5-7-22)17-34-2/h4-9,13-14,19,21,32H,3,10-12,16-18H2,1-2H3/b28-14+,29-25-. The second-order valence-corrected chi connectivity index (χ2v) is 9.31. The fourth-order valence-corrected chi connectivity index (χ4v) is 4.76. The van der Waals surface area contributed by atoms with Crippen molar-refractivity contribution in [3.05, 3.63) is 82.4 Å². The molecule has 182 valence electrons. The van der Waals surface area contributed by atoms with E-state index in [1.807, 2.05) is 30.3 Å². The monoisotopic (exact) mass is 474 g/mol. The molecule has 1 N–H and O–H groups in total. The topological polar surface area (TPSA) is 71.3 Å². The fraction of sp³-hybridized carbons (Fsp3) is 0.379. The van der Waals surface area contributed by atoms with Crippen LogP contribution in [0.5, 0.6) is 0 Å². The molecule has 4 rings (SSSR count). The van der Waals surface area contributed by atoms with E-state index in [-0.39, 0.29) is 17.3 Å². The first-order valence-corrected chi connectivity index (χ1v) is 12.1. The van der Waals surface area contributed by atoms with E-state index in [4.69, 9.17) is 9.47 Å². The summed E-state index contributed by atoms with van der Waals surface area (Å²) in [6, 6.07) is 14.6. The highest BCUT2D eigenvalue weighted by Crippen LogP contribution is 2.38. The molecule has 1 heterocycles. The first kappa shape index (κ1) is 24.8. The molecule has 1 aliphatic heterocycles. The number of nitrogens with one attached hydrogen (secondary N) is 1. The third-order valence-electron chi connectivity index (χ3n) is 6.75. The highest BCUT2D eigenvalue weighted by Gasteiger charge is 2.25. The second kappa shape index (κ2) is 11.4. The largest absolute Gasteiger partial charge is 0.489 e. The van der Waals surface area contributed by atoms with Crippen molar-refractivity contribution in [3.63, 3.8) is 0 Å². The van der Waals surface area contributed by atoms with Gasteiger partial charge in [-0.05, 0) is 71.3 Å². The number of halogens is 1.